The van der Waals surface area contributed by atoms with Gasteiger partial charge in [-0.3, -0.25) is 9.59 Å². The van der Waals surface area contributed by atoms with Crippen molar-refractivity contribution < 1.29 is 14.7 Å². The Balaban J connectivity index is 1.60. The van der Waals surface area contributed by atoms with E-state index in [9.17, 15) is 9.59 Å². The molecule has 5 nitrogen and oxygen atoms in total. The molecular formula is C14H20N2O3S2. The summed E-state index contributed by atoms with van der Waals surface area (Å²) >= 11 is 3.36. The Bertz CT molecular complexity index is 512. The molecule has 1 atom stereocenters. The first-order chi connectivity index (χ1) is 9.97. The van der Waals surface area contributed by atoms with E-state index in [1.165, 1.54) is 0 Å². The number of carboxylic acids is 1. The molecule has 1 fully saturated rings. The number of thioether (sulfide) groups is 1. The summed E-state index contributed by atoms with van der Waals surface area (Å²) < 4.78 is 0. The summed E-state index contributed by atoms with van der Waals surface area (Å²) in [6.07, 6.45) is 0.516. The number of aryl methyl sites for hydroxylation is 1. The number of aliphatic carboxylic acids is 1. The first kappa shape index (κ1) is 16.3. The van der Waals surface area contributed by atoms with E-state index < -0.39 is 5.97 Å². The molecular weight excluding hydrogens is 308 g/mol. The molecule has 0 saturated carbocycles. The number of carbonyl (C=O) groups is 2. The van der Waals surface area contributed by atoms with Crippen LogP contribution < -0.4 is 0 Å². The Hall–Kier alpha value is -1.08. The van der Waals surface area contributed by atoms with E-state index in [2.05, 4.69) is 10.4 Å². The quantitative estimate of drug-likeness (QED) is 0.777. The second-order valence-corrected chi connectivity index (χ2v) is 7.51. The van der Waals surface area contributed by atoms with Gasteiger partial charge in [-0.2, -0.15) is 11.8 Å². The van der Waals surface area contributed by atoms with E-state index in [1.807, 2.05) is 6.92 Å². The summed E-state index contributed by atoms with van der Waals surface area (Å²) in [6.45, 7) is 4.87. The number of carbonyl (C=O) groups excluding carboxylic acids is 1. The molecule has 2 rings (SSSR count). The number of aromatic nitrogens is 1. The second kappa shape index (κ2) is 7.26. The minimum atomic E-state index is -0.777. The van der Waals surface area contributed by atoms with Crippen LogP contribution in [0.2, 0.25) is 0 Å². The van der Waals surface area contributed by atoms with E-state index in [0.29, 0.717) is 19.5 Å². The third kappa shape index (κ3) is 4.44. The first-order valence-corrected chi connectivity index (χ1v) is 9.00. The molecule has 0 aliphatic carbocycles. The standard InChI is InChI=1S/C14H20N2O3S2/c1-9(14(18)19)11-5-16(6-11)13(17)3-4-20-7-12-8-21-10(2)15-12/h8-9,11H,3-7H2,1-2H3,(H,18,19). The monoisotopic (exact) mass is 328 g/mol. The van der Waals surface area contributed by atoms with Crippen LogP contribution in [0.5, 0.6) is 0 Å². The third-order valence-electron chi connectivity index (χ3n) is 3.74. The van der Waals surface area contributed by atoms with E-state index in [4.69, 9.17) is 5.11 Å². The van der Waals surface area contributed by atoms with Crippen LogP contribution in [0, 0.1) is 18.8 Å². The zero-order valence-electron chi connectivity index (χ0n) is 12.2. The van der Waals surface area contributed by atoms with Crippen molar-refractivity contribution in [3.05, 3.63) is 16.1 Å². The van der Waals surface area contributed by atoms with Crippen LogP contribution in [0.25, 0.3) is 0 Å². The fourth-order valence-electron chi connectivity index (χ4n) is 2.20. The van der Waals surface area contributed by atoms with Crippen LogP contribution >= 0.6 is 23.1 Å². The molecule has 1 unspecified atom stereocenters. The van der Waals surface area contributed by atoms with E-state index in [0.717, 1.165) is 22.2 Å². The summed E-state index contributed by atoms with van der Waals surface area (Å²) in [5.74, 6) is 0.724. The normalized spacial score (nSPS) is 16.6. The molecule has 0 aromatic carbocycles. The molecule has 2 heterocycles. The maximum Gasteiger partial charge on any atom is 0.306 e. The SMILES string of the molecule is Cc1nc(CSCCC(=O)N2CC(C(C)C(=O)O)C2)cs1. The average molecular weight is 328 g/mol. The van der Waals surface area contributed by atoms with Gasteiger partial charge in [-0.1, -0.05) is 6.92 Å². The molecule has 116 valence electrons. The number of carboxylic acid groups (broad SMARTS) is 1. The Labute approximate surface area is 132 Å². The molecule has 0 bridgehead atoms. The van der Waals surface area contributed by atoms with Crippen LogP contribution in [-0.2, 0) is 15.3 Å². The second-order valence-electron chi connectivity index (χ2n) is 5.35. The summed E-state index contributed by atoms with van der Waals surface area (Å²) in [5.41, 5.74) is 1.08. The fourth-order valence-corrected chi connectivity index (χ4v) is 3.74. The Morgan fingerprint density at radius 3 is 2.86 bits per heavy atom. The highest BCUT2D eigenvalue weighted by Gasteiger charge is 2.36. The van der Waals surface area contributed by atoms with Crippen molar-refractivity contribution >= 4 is 35.0 Å². The molecule has 7 heteroatoms. The van der Waals surface area contributed by atoms with Crippen LogP contribution in [0.4, 0.5) is 0 Å². The largest absolute Gasteiger partial charge is 0.481 e. The van der Waals surface area contributed by atoms with Crippen LogP contribution in [0.3, 0.4) is 0 Å². The molecule has 1 amide bonds. The van der Waals surface area contributed by atoms with Gasteiger partial charge >= 0.3 is 5.97 Å². The van der Waals surface area contributed by atoms with Crippen LogP contribution in [0.15, 0.2) is 5.38 Å². The van der Waals surface area contributed by atoms with Crippen molar-refractivity contribution in [3.63, 3.8) is 0 Å². The van der Waals surface area contributed by atoms with Gasteiger partial charge in [0.2, 0.25) is 5.91 Å². The minimum absolute atomic E-state index is 0.108. The Morgan fingerprint density at radius 2 is 2.29 bits per heavy atom. The molecule has 0 spiro atoms. The highest BCUT2D eigenvalue weighted by Crippen LogP contribution is 2.25. The van der Waals surface area contributed by atoms with Gasteiger partial charge in [-0.15, -0.1) is 11.3 Å². The highest BCUT2D eigenvalue weighted by atomic mass is 32.2. The Morgan fingerprint density at radius 1 is 1.57 bits per heavy atom. The molecule has 1 N–H and O–H groups in total. The molecule has 1 saturated heterocycles. The van der Waals surface area contributed by atoms with Crippen molar-refractivity contribution in [1.82, 2.24) is 9.88 Å². The van der Waals surface area contributed by atoms with E-state index in [1.54, 1.807) is 34.9 Å². The van der Waals surface area contributed by atoms with Gasteiger partial charge in [-0.25, -0.2) is 4.98 Å². The predicted octanol–water partition coefficient (Wildman–Crippen LogP) is 2.25. The smallest absolute Gasteiger partial charge is 0.306 e. The van der Waals surface area contributed by atoms with Crippen molar-refractivity contribution in [2.45, 2.75) is 26.0 Å². The van der Waals surface area contributed by atoms with Crippen molar-refractivity contribution in [1.29, 1.82) is 0 Å². The summed E-state index contributed by atoms with van der Waals surface area (Å²) in [6, 6.07) is 0. The average Bonchev–Trinajstić information content (AvgIpc) is 2.78. The summed E-state index contributed by atoms with van der Waals surface area (Å²) in [4.78, 5) is 28.9. The number of rotatable bonds is 7. The Kier molecular flexibility index (Phi) is 5.64. The molecule has 1 aromatic heterocycles. The lowest BCUT2D eigenvalue weighted by atomic mass is 9.87. The lowest BCUT2D eigenvalue weighted by Gasteiger charge is -2.41. The third-order valence-corrected chi connectivity index (χ3v) is 5.55. The van der Waals surface area contributed by atoms with E-state index >= 15 is 0 Å². The lowest BCUT2D eigenvalue weighted by molar-refractivity contribution is -0.150. The van der Waals surface area contributed by atoms with Crippen molar-refractivity contribution in [2.24, 2.45) is 11.8 Å². The molecule has 1 aliphatic heterocycles. The number of hydrogen-bond acceptors (Lipinski definition) is 5. The highest BCUT2D eigenvalue weighted by molar-refractivity contribution is 7.98. The van der Waals surface area contributed by atoms with Gasteiger partial charge < -0.3 is 10.0 Å². The number of likely N-dealkylation sites (tertiary alicyclic amines) is 1. The first-order valence-electron chi connectivity index (χ1n) is 6.96. The predicted molar refractivity (Wildman–Crippen MR) is 84.5 cm³/mol. The number of nitrogens with zero attached hydrogens (tertiary/aromatic N) is 2. The van der Waals surface area contributed by atoms with Crippen LogP contribution in [0.1, 0.15) is 24.0 Å². The molecule has 1 aromatic rings. The minimum Gasteiger partial charge on any atom is -0.481 e. The maximum atomic E-state index is 11.9. The van der Waals surface area contributed by atoms with E-state index in [-0.39, 0.29) is 17.7 Å². The molecule has 1 aliphatic rings. The zero-order valence-corrected chi connectivity index (χ0v) is 13.9. The topological polar surface area (TPSA) is 70.5 Å². The van der Waals surface area contributed by atoms with Gasteiger partial charge in [0, 0.05) is 42.3 Å². The van der Waals surface area contributed by atoms with Gasteiger partial charge in [0.25, 0.3) is 0 Å². The zero-order chi connectivity index (χ0) is 15.4. The number of hydrogen-bond donors (Lipinski definition) is 1. The maximum absolute atomic E-state index is 11.9. The van der Waals surface area contributed by atoms with Gasteiger partial charge in [0.1, 0.15) is 0 Å². The van der Waals surface area contributed by atoms with Crippen molar-refractivity contribution in [2.75, 3.05) is 18.8 Å². The van der Waals surface area contributed by atoms with Crippen LogP contribution in [-0.4, -0.2) is 45.7 Å². The summed E-state index contributed by atoms with van der Waals surface area (Å²) in [5, 5.41) is 12.0. The molecule has 0 radical (unpaired) electrons. The van der Waals surface area contributed by atoms with Gasteiger partial charge in [0.15, 0.2) is 0 Å². The summed E-state index contributed by atoms with van der Waals surface area (Å²) in [7, 11) is 0. The van der Waals surface area contributed by atoms with Gasteiger partial charge in [0.05, 0.1) is 16.6 Å². The lowest BCUT2D eigenvalue weighted by Crippen LogP contribution is -2.53. The fraction of sp³-hybridized carbons (Fsp3) is 0.643. The van der Waals surface area contributed by atoms with Gasteiger partial charge in [-0.05, 0) is 6.92 Å². The van der Waals surface area contributed by atoms with Crippen molar-refractivity contribution in [3.8, 4) is 0 Å². The number of amides is 1. The number of thiazole rings is 1. The molecule has 21 heavy (non-hydrogen) atoms.